The van der Waals surface area contributed by atoms with Crippen molar-refractivity contribution >= 4 is 35.3 Å². The van der Waals surface area contributed by atoms with Crippen molar-refractivity contribution in [3.05, 3.63) is 82.1 Å². The Morgan fingerprint density at radius 1 is 1.12 bits per heavy atom. The molecule has 0 aliphatic carbocycles. The Morgan fingerprint density at radius 2 is 1.77 bits per heavy atom. The Morgan fingerprint density at radius 3 is 2.42 bits per heavy atom. The van der Waals surface area contributed by atoms with Gasteiger partial charge in [0, 0.05) is 12.4 Å². The number of methoxy groups -OCH3 is 1. The van der Waals surface area contributed by atoms with Crippen LogP contribution in [-0.4, -0.2) is 23.8 Å². The van der Waals surface area contributed by atoms with Crippen molar-refractivity contribution < 1.29 is 9.53 Å². The summed E-state index contributed by atoms with van der Waals surface area (Å²) >= 11 is 12.2. The van der Waals surface area contributed by atoms with Gasteiger partial charge in [0.2, 0.25) is 0 Å². The minimum Gasteiger partial charge on any atom is -0.494 e. The molecular formula is C19H15Cl2N3O2. The highest BCUT2D eigenvalue weighted by Crippen LogP contribution is 2.33. The Kier molecular flexibility index (Phi) is 5.61. The number of benzene rings is 2. The van der Waals surface area contributed by atoms with Crippen LogP contribution in [0.1, 0.15) is 15.9 Å². The number of hydrogen-bond donors (Lipinski definition) is 1. The molecule has 3 aromatic rings. The summed E-state index contributed by atoms with van der Waals surface area (Å²) in [6.45, 7) is 0. The minimum atomic E-state index is -0.323. The first-order chi connectivity index (χ1) is 12.6. The lowest BCUT2D eigenvalue weighted by Gasteiger charge is -2.09. The zero-order valence-electron chi connectivity index (χ0n) is 13.8. The second-order valence-corrected chi connectivity index (χ2v) is 6.14. The Hall–Kier alpha value is -2.76. The van der Waals surface area contributed by atoms with Crippen LogP contribution >= 0.6 is 23.2 Å². The average Bonchev–Trinajstić information content (AvgIpc) is 3.16. The summed E-state index contributed by atoms with van der Waals surface area (Å²) in [5, 5.41) is 4.72. The molecule has 1 aromatic heterocycles. The zero-order chi connectivity index (χ0) is 18.5. The fourth-order valence-corrected chi connectivity index (χ4v) is 3.12. The summed E-state index contributed by atoms with van der Waals surface area (Å²) in [5.41, 5.74) is 4.43. The van der Waals surface area contributed by atoms with Crippen LogP contribution in [-0.2, 0) is 0 Å². The maximum atomic E-state index is 12.5. The second kappa shape index (κ2) is 8.08. The number of hydrazone groups is 1. The molecule has 0 radical (unpaired) electrons. The van der Waals surface area contributed by atoms with Crippen molar-refractivity contribution in [1.82, 2.24) is 9.99 Å². The van der Waals surface area contributed by atoms with Gasteiger partial charge < -0.3 is 9.30 Å². The third-order valence-corrected chi connectivity index (χ3v) is 4.20. The third kappa shape index (κ3) is 3.90. The molecule has 132 valence electrons. The maximum Gasteiger partial charge on any atom is 0.273 e. The van der Waals surface area contributed by atoms with Crippen molar-refractivity contribution in [3.63, 3.8) is 0 Å². The highest BCUT2D eigenvalue weighted by atomic mass is 35.5. The van der Waals surface area contributed by atoms with Gasteiger partial charge in [-0.3, -0.25) is 4.79 Å². The van der Waals surface area contributed by atoms with Crippen molar-refractivity contribution in [3.8, 4) is 11.4 Å². The minimum absolute atomic E-state index is 0.323. The van der Waals surface area contributed by atoms with E-state index in [1.165, 1.54) is 13.3 Å². The van der Waals surface area contributed by atoms with E-state index in [0.717, 1.165) is 5.69 Å². The molecule has 1 amide bonds. The highest BCUT2D eigenvalue weighted by Gasteiger charge is 2.11. The number of nitrogens with zero attached hydrogens (tertiary/aromatic N) is 2. The second-order valence-electron chi connectivity index (χ2n) is 5.32. The molecule has 0 spiro atoms. The normalized spacial score (nSPS) is 10.9. The van der Waals surface area contributed by atoms with Crippen LogP contribution in [0.3, 0.4) is 0 Å². The quantitative estimate of drug-likeness (QED) is 0.515. The summed E-state index contributed by atoms with van der Waals surface area (Å²) in [6.07, 6.45) is 5.21. The van der Waals surface area contributed by atoms with Crippen LogP contribution in [0.2, 0.25) is 10.0 Å². The lowest BCUT2D eigenvalue weighted by molar-refractivity contribution is 0.0955. The van der Waals surface area contributed by atoms with Gasteiger partial charge in [0.05, 0.1) is 34.6 Å². The summed E-state index contributed by atoms with van der Waals surface area (Å²) in [5.74, 6) is 0.0754. The first-order valence-electron chi connectivity index (χ1n) is 7.69. The molecule has 0 unspecified atom stereocenters. The number of rotatable bonds is 5. The molecule has 7 heteroatoms. The molecule has 2 aromatic carbocycles. The van der Waals surface area contributed by atoms with Gasteiger partial charge in [-0.15, -0.1) is 0 Å². The van der Waals surface area contributed by atoms with E-state index in [0.29, 0.717) is 26.9 Å². The van der Waals surface area contributed by atoms with Gasteiger partial charge in [-0.2, -0.15) is 5.10 Å². The van der Waals surface area contributed by atoms with E-state index in [-0.39, 0.29) is 5.91 Å². The summed E-state index contributed by atoms with van der Waals surface area (Å²) in [6, 6.07) is 14.4. The number of carbonyl (C=O) groups is 1. The number of ether oxygens (including phenoxy) is 1. The number of hydrogen-bond acceptors (Lipinski definition) is 3. The molecular weight excluding hydrogens is 373 g/mol. The first-order valence-corrected chi connectivity index (χ1v) is 8.44. The largest absolute Gasteiger partial charge is 0.494 e. The fraction of sp³-hybridized carbons (Fsp3) is 0.0526. The monoisotopic (exact) mass is 387 g/mol. The van der Waals surface area contributed by atoms with Crippen molar-refractivity contribution in [1.29, 1.82) is 0 Å². The molecule has 26 heavy (non-hydrogen) atoms. The Balaban J connectivity index is 1.77. The lowest BCUT2D eigenvalue weighted by atomic mass is 10.1. The van der Waals surface area contributed by atoms with Crippen molar-refractivity contribution in [2.75, 3.05) is 7.11 Å². The van der Waals surface area contributed by atoms with E-state index in [9.17, 15) is 4.79 Å². The molecule has 3 rings (SSSR count). The number of amides is 1. The third-order valence-electron chi connectivity index (χ3n) is 3.64. The highest BCUT2D eigenvalue weighted by molar-refractivity contribution is 6.37. The molecule has 0 aliphatic heterocycles. The van der Waals surface area contributed by atoms with Gasteiger partial charge in [-0.1, -0.05) is 35.3 Å². The molecule has 0 aliphatic rings. The first kappa shape index (κ1) is 18.0. The predicted octanol–water partition coefficient (Wildman–Crippen LogP) is 4.56. The molecule has 0 saturated heterocycles. The lowest BCUT2D eigenvalue weighted by Crippen LogP contribution is -2.19. The van der Waals surface area contributed by atoms with E-state index in [4.69, 9.17) is 27.9 Å². The number of para-hydroxylation sites is 1. The average molecular weight is 388 g/mol. The number of halogens is 2. The Labute approximate surface area is 160 Å². The van der Waals surface area contributed by atoms with Crippen LogP contribution in [0, 0.1) is 0 Å². The number of nitrogens with one attached hydrogen (secondary N) is 1. The molecule has 1 N–H and O–H groups in total. The zero-order valence-corrected chi connectivity index (χ0v) is 15.3. The van der Waals surface area contributed by atoms with Gasteiger partial charge in [0.25, 0.3) is 5.91 Å². The maximum absolute atomic E-state index is 12.5. The van der Waals surface area contributed by atoms with Gasteiger partial charge in [-0.25, -0.2) is 5.43 Å². The predicted molar refractivity (Wildman–Crippen MR) is 104 cm³/mol. The molecule has 0 atom stereocenters. The molecule has 0 fully saturated rings. The van der Waals surface area contributed by atoms with E-state index >= 15 is 0 Å². The molecule has 0 bridgehead atoms. The number of aromatic nitrogens is 1. The summed E-state index contributed by atoms with van der Waals surface area (Å²) in [7, 11) is 1.49. The molecule has 1 heterocycles. The number of carbonyl (C=O) groups excluding carboxylic acids is 1. The van der Waals surface area contributed by atoms with Gasteiger partial charge in [-0.05, 0) is 42.0 Å². The van der Waals surface area contributed by atoms with Gasteiger partial charge in [0.1, 0.15) is 0 Å². The van der Waals surface area contributed by atoms with E-state index < -0.39 is 0 Å². The standard InChI is InChI=1S/C19H15Cl2N3O2/c1-26-18-15(20)10-13(11-16(18)21)12-22-23-19(25)14-6-2-3-7-17(14)24-8-4-5-9-24/h2-12H,1H3,(H,23,25)/b22-12-. The van der Waals surface area contributed by atoms with Crippen LogP contribution in [0.5, 0.6) is 5.75 Å². The summed E-state index contributed by atoms with van der Waals surface area (Å²) in [4.78, 5) is 12.5. The molecule has 0 saturated carbocycles. The Bertz CT molecular complexity index is 930. The van der Waals surface area contributed by atoms with Crippen LogP contribution < -0.4 is 10.2 Å². The smallest absolute Gasteiger partial charge is 0.273 e. The summed E-state index contributed by atoms with van der Waals surface area (Å²) < 4.78 is 6.96. The van der Waals surface area contributed by atoms with E-state index in [1.54, 1.807) is 24.3 Å². The van der Waals surface area contributed by atoms with E-state index in [2.05, 4.69) is 10.5 Å². The molecule has 5 nitrogen and oxygen atoms in total. The van der Waals surface area contributed by atoms with Crippen molar-refractivity contribution in [2.45, 2.75) is 0 Å². The van der Waals surface area contributed by atoms with Crippen LogP contribution in [0.25, 0.3) is 5.69 Å². The van der Waals surface area contributed by atoms with Crippen molar-refractivity contribution in [2.24, 2.45) is 5.10 Å². The van der Waals surface area contributed by atoms with Gasteiger partial charge >= 0.3 is 0 Å². The topological polar surface area (TPSA) is 55.6 Å². The van der Waals surface area contributed by atoms with Gasteiger partial charge in [0.15, 0.2) is 5.75 Å². The van der Waals surface area contributed by atoms with Crippen LogP contribution in [0.4, 0.5) is 0 Å². The van der Waals surface area contributed by atoms with E-state index in [1.807, 2.05) is 41.2 Å². The SMILES string of the molecule is COc1c(Cl)cc(/C=N\NC(=O)c2ccccc2-n2cccc2)cc1Cl. The fourth-order valence-electron chi connectivity index (χ4n) is 2.46. The van der Waals surface area contributed by atoms with Crippen LogP contribution in [0.15, 0.2) is 66.0 Å².